The average molecular weight is 438 g/mol. The second kappa shape index (κ2) is 8.08. The molecule has 1 fully saturated rings. The quantitative estimate of drug-likeness (QED) is 0.690. The van der Waals surface area contributed by atoms with Crippen LogP contribution < -0.4 is 4.74 Å². The Kier molecular flexibility index (Phi) is 6.08. The molecule has 29 heavy (non-hydrogen) atoms. The van der Waals surface area contributed by atoms with Crippen LogP contribution in [0.1, 0.15) is 16.7 Å². The first-order valence-electron chi connectivity index (χ1n) is 9.39. The highest BCUT2D eigenvalue weighted by atomic mass is 32.2. The number of hydrogen-bond acceptors (Lipinski definition) is 6. The first kappa shape index (κ1) is 21.8. The predicted octanol–water partition coefficient (Wildman–Crippen LogP) is 2.38. The molecule has 0 saturated carbocycles. The fourth-order valence-corrected chi connectivity index (χ4v) is 8.94. The van der Waals surface area contributed by atoms with Crippen molar-refractivity contribution in [1.82, 2.24) is 4.90 Å². The van der Waals surface area contributed by atoms with Gasteiger partial charge in [0.1, 0.15) is 10.6 Å². The van der Waals surface area contributed by atoms with Gasteiger partial charge in [-0.1, -0.05) is 30.3 Å². The van der Waals surface area contributed by atoms with Gasteiger partial charge in [0.15, 0.2) is 19.7 Å². The van der Waals surface area contributed by atoms with Gasteiger partial charge in [0.25, 0.3) is 0 Å². The maximum absolute atomic E-state index is 13.6. The molecule has 1 aliphatic rings. The zero-order chi connectivity index (χ0) is 21.4. The minimum Gasteiger partial charge on any atom is -0.495 e. The second-order valence-corrected chi connectivity index (χ2v) is 12.0. The lowest BCUT2D eigenvalue weighted by molar-refractivity contribution is 0.254. The van der Waals surface area contributed by atoms with Crippen LogP contribution in [0.4, 0.5) is 0 Å². The molecule has 0 radical (unpaired) electrons. The third kappa shape index (κ3) is 4.49. The fourth-order valence-electron chi connectivity index (χ4n) is 3.80. The molecule has 0 bridgehead atoms. The fraction of sp³-hybridized carbons (Fsp3) is 0.429. The van der Waals surface area contributed by atoms with Crippen LogP contribution >= 0.6 is 0 Å². The van der Waals surface area contributed by atoms with E-state index < -0.39 is 31.0 Å². The van der Waals surface area contributed by atoms with Crippen LogP contribution in [-0.4, -0.2) is 58.7 Å². The maximum atomic E-state index is 13.6. The third-order valence-electron chi connectivity index (χ3n) is 5.60. The Labute approximate surface area is 173 Å². The maximum Gasteiger partial charge on any atom is 0.187 e. The van der Waals surface area contributed by atoms with Gasteiger partial charge >= 0.3 is 0 Å². The second-order valence-electron chi connectivity index (χ2n) is 7.72. The van der Waals surface area contributed by atoms with E-state index in [2.05, 4.69) is 0 Å². The van der Waals surface area contributed by atoms with Crippen LogP contribution in [-0.2, 0) is 26.2 Å². The standard InChI is InChI=1S/C21H27NO5S2/c1-15-10-19(27-4)20(11-16(15)2)29(25,26)21-14-28(23,24)13-18(21)22(3)12-17-8-6-5-7-9-17/h5-11,18,21H,12-14H2,1-4H3/t18-,21-/m0/s1. The largest absolute Gasteiger partial charge is 0.495 e. The highest BCUT2D eigenvalue weighted by molar-refractivity contribution is 7.96. The molecule has 2 aromatic rings. The van der Waals surface area contributed by atoms with Crippen molar-refractivity contribution >= 4 is 19.7 Å². The van der Waals surface area contributed by atoms with E-state index in [1.165, 1.54) is 7.11 Å². The van der Waals surface area contributed by atoms with Crippen LogP contribution in [0.2, 0.25) is 0 Å². The van der Waals surface area contributed by atoms with E-state index in [0.29, 0.717) is 6.54 Å². The molecule has 1 saturated heterocycles. The van der Waals surface area contributed by atoms with Crippen molar-refractivity contribution in [2.24, 2.45) is 0 Å². The van der Waals surface area contributed by atoms with Gasteiger partial charge < -0.3 is 4.74 Å². The summed E-state index contributed by atoms with van der Waals surface area (Å²) in [7, 11) is -4.20. The Hall–Kier alpha value is -1.90. The summed E-state index contributed by atoms with van der Waals surface area (Å²) in [6.07, 6.45) is 0. The van der Waals surface area contributed by atoms with Crippen LogP contribution in [0.5, 0.6) is 5.75 Å². The number of hydrogen-bond donors (Lipinski definition) is 0. The predicted molar refractivity (Wildman–Crippen MR) is 114 cm³/mol. The van der Waals surface area contributed by atoms with Gasteiger partial charge in [-0.15, -0.1) is 0 Å². The molecule has 0 spiro atoms. The molecular weight excluding hydrogens is 410 g/mol. The van der Waals surface area contributed by atoms with E-state index in [9.17, 15) is 16.8 Å². The Balaban J connectivity index is 2.01. The molecule has 0 amide bonds. The molecule has 0 aliphatic carbocycles. The van der Waals surface area contributed by atoms with E-state index >= 15 is 0 Å². The molecule has 0 unspecified atom stereocenters. The third-order valence-corrected chi connectivity index (χ3v) is 9.74. The summed E-state index contributed by atoms with van der Waals surface area (Å²) in [5.74, 6) is -0.301. The summed E-state index contributed by atoms with van der Waals surface area (Å²) in [6.45, 7) is 4.18. The van der Waals surface area contributed by atoms with Crippen molar-refractivity contribution in [3.05, 3.63) is 59.2 Å². The number of ether oxygens (including phenoxy) is 1. The van der Waals surface area contributed by atoms with Crippen molar-refractivity contribution in [2.75, 3.05) is 25.7 Å². The molecule has 2 aromatic carbocycles. The van der Waals surface area contributed by atoms with Gasteiger partial charge in [-0.3, -0.25) is 4.90 Å². The monoisotopic (exact) mass is 437 g/mol. The topological polar surface area (TPSA) is 80.8 Å². The van der Waals surface area contributed by atoms with Gasteiger partial charge in [-0.2, -0.15) is 0 Å². The molecule has 158 valence electrons. The Morgan fingerprint density at radius 1 is 1.07 bits per heavy atom. The zero-order valence-corrected chi connectivity index (χ0v) is 18.8. The molecule has 0 aromatic heterocycles. The van der Waals surface area contributed by atoms with Crippen molar-refractivity contribution < 1.29 is 21.6 Å². The number of aryl methyl sites for hydroxylation is 2. The lowest BCUT2D eigenvalue weighted by atomic mass is 10.1. The van der Waals surface area contributed by atoms with E-state index in [1.54, 1.807) is 19.2 Å². The first-order chi connectivity index (χ1) is 13.5. The summed E-state index contributed by atoms with van der Waals surface area (Å²) in [5, 5.41) is -1.04. The Morgan fingerprint density at radius 3 is 2.31 bits per heavy atom. The summed E-state index contributed by atoms with van der Waals surface area (Å²) in [4.78, 5) is 1.89. The lowest BCUT2D eigenvalue weighted by Crippen LogP contribution is -2.44. The van der Waals surface area contributed by atoms with Crippen molar-refractivity contribution in [2.45, 2.75) is 36.6 Å². The van der Waals surface area contributed by atoms with Crippen LogP contribution in [0.3, 0.4) is 0 Å². The van der Waals surface area contributed by atoms with Crippen molar-refractivity contribution in [1.29, 1.82) is 0 Å². The summed E-state index contributed by atoms with van der Waals surface area (Å²) >= 11 is 0. The number of rotatable bonds is 6. The van der Waals surface area contributed by atoms with Gasteiger partial charge in [0.05, 0.1) is 23.9 Å². The van der Waals surface area contributed by atoms with Gasteiger partial charge in [-0.25, -0.2) is 16.8 Å². The van der Waals surface area contributed by atoms with Crippen molar-refractivity contribution in [3.63, 3.8) is 0 Å². The molecular formula is C21H27NO5S2. The molecule has 6 nitrogen and oxygen atoms in total. The molecule has 2 atom stereocenters. The molecule has 8 heteroatoms. The number of benzene rings is 2. The number of methoxy groups -OCH3 is 1. The van der Waals surface area contributed by atoms with E-state index in [4.69, 9.17) is 4.74 Å². The van der Waals surface area contributed by atoms with Gasteiger partial charge in [0, 0.05) is 12.6 Å². The van der Waals surface area contributed by atoms with E-state index in [1.807, 2.05) is 49.1 Å². The Morgan fingerprint density at radius 2 is 1.69 bits per heavy atom. The minimum absolute atomic E-state index is 0.0586. The van der Waals surface area contributed by atoms with Gasteiger partial charge in [-0.05, 0) is 49.7 Å². The lowest BCUT2D eigenvalue weighted by Gasteiger charge is -2.29. The number of nitrogens with zero attached hydrogens (tertiary/aromatic N) is 1. The normalized spacial score (nSPS) is 21.4. The highest BCUT2D eigenvalue weighted by Gasteiger charge is 2.48. The van der Waals surface area contributed by atoms with E-state index in [-0.39, 0.29) is 22.2 Å². The zero-order valence-electron chi connectivity index (χ0n) is 17.1. The van der Waals surface area contributed by atoms with Crippen LogP contribution in [0.15, 0.2) is 47.4 Å². The summed E-state index contributed by atoms with van der Waals surface area (Å²) in [6, 6.07) is 12.2. The minimum atomic E-state index is -3.92. The first-order valence-corrected chi connectivity index (χ1v) is 12.8. The molecule has 0 N–H and O–H groups in total. The van der Waals surface area contributed by atoms with Crippen molar-refractivity contribution in [3.8, 4) is 5.75 Å². The SMILES string of the molecule is COc1cc(C)c(C)cc1S(=O)(=O)[C@H]1CS(=O)(=O)C[C@@H]1N(C)Cc1ccccc1. The number of sulfone groups is 2. The molecule has 3 rings (SSSR count). The summed E-state index contributed by atoms with van der Waals surface area (Å²) < 4.78 is 57.3. The molecule has 1 heterocycles. The average Bonchev–Trinajstić information content (AvgIpc) is 3.01. The highest BCUT2D eigenvalue weighted by Crippen LogP contribution is 2.35. The smallest absolute Gasteiger partial charge is 0.187 e. The van der Waals surface area contributed by atoms with Crippen LogP contribution in [0, 0.1) is 13.8 Å². The van der Waals surface area contributed by atoms with Gasteiger partial charge in [0.2, 0.25) is 0 Å². The Bertz CT molecular complexity index is 1100. The molecule has 1 aliphatic heterocycles. The van der Waals surface area contributed by atoms with Crippen LogP contribution in [0.25, 0.3) is 0 Å². The summed E-state index contributed by atoms with van der Waals surface area (Å²) in [5.41, 5.74) is 2.73. The van der Waals surface area contributed by atoms with E-state index in [0.717, 1.165) is 16.7 Å².